The molecule has 0 aliphatic heterocycles. The van der Waals surface area contributed by atoms with E-state index in [0.717, 1.165) is 0 Å². The highest BCUT2D eigenvalue weighted by atomic mass is 16.6. The second-order valence-electron chi connectivity index (χ2n) is 4.18. The average molecular weight is 229 g/mol. The number of carboxylic acid groups (broad SMARTS) is 1. The largest absolute Gasteiger partial charge is 0.481 e. The zero-order chi connectivity index (χ0) is 12.8. The van der Waals surface area contributed by atoms with Crippen LogP contribution in [0.3, 0.4) is 0 Å². The summed E-state index contributed by atoms with van der Waals surface area (Å²) in [5.41, 5.74) is 7.51. The van der Waals surface area contributed by atoms with Gasteiger partial charge in [0.05, 0.1) is 0 Å². The van der Waals surface area contributed by atoms with Gasteiger partial charge in [0, 0.05) is 11.3 Å². The van der Waals surface area contributed by atoms with E-state index in [9.17, 15) is 9.59 Å². The molecule has 0 aromatic heterocycles. The molecule has 1 unspecified atom stereocenters. The van der Waals surface area contributed by atoms with Crippen LogP contribution in [0.25, 0.3) is 10.4 Å². The average Bonchev–Trinajstić information content (AvgIpc) is 2.08. The molecule has 0 aromatic rings. The van der Waals surface area contributed by atoms with Gasteiger partial charge in [-0.05, 0) is 32.7 Å². The maximum absolute atomic E-state index is 11.2. The number of carbonyl (C=O) groups excluding carboxylic acids is 1. The minimum absolute atomic E-state index is 0.0612. The van der Waals surface area contributed by atoms with E-state index in [1.165, 1.54) is 0 Å². The van der Waals surface area contributed by atoms with Crippen LogP contribution < -0.4 is 0 Å². The summed E-state index contributed by atoms with van der Waals surface area (Å²) in [6.45, 7) is 5.15. The van der Waals surface area contributed by atoms with Crippen molar-refractivity contribution in [1.82, 2.24) is 0 Å². The highest BCUT2D eigenvalue weighted by Crippen LogP contribution is 2.11. The van der Waals surface area contributed by atoms with Crippen molar-refractivity contribution in [3.8, 4) is 0 Å². The number of esters is 1. The van der Waals surface area contributed by atoms with E-state index in [-0.39, 0.29) is 12.8 Å². The zero-order valence-electron chi connectivity index (χ0n) is 9.51. The molecule has 0 aliphatic rings. The van der Waals surface area contributed by atoms with Crippen molar-refractivity contribution >= 4 is 11.9 Å². The number of rotatable bonds is 5. The molecule has 0 radical (unpaired) electrons. The number of ether oxygens (including phenoxy) is 1. The Balaban J connectivity index is 4.17. The fourth-order valence-corrected chi connectivity index (χ4v) is 0.940. The summed E-state index contributed by atoms with van der Waals surface area (Å²) >= 11 is 0. The van der Waals surface area contributed by atoms with Gasteiger partial charge >= 0.3 is 11.9 Å². The summed E-state index contributed by atoms with van der Waals surface area (Å²) in [4.78, 5) is 24.2. The van der Waals surface area contributed by atoms with Gasteiger partial charge in [0.25, 0.3) is 0 Å². The Hall–Kier alpha value is -1.75. The Morgan fingerprint density at radius 3 is 2.44 bits per heavy atom. The van der Waals surface area contributed by atoms with Crippen LogP contribution in [0, 0.1) is 0 Å². The van der Waals surface area contributed by atoms with Crippen molar-refractivity contribution in [1.29, 1.82) is 0 Å². The van der Waals surface area contributed by atoms with Crippen molar-refractivity contribution in [2.75, 3.05) is 0 Å². The monoisotopic (exact) mass is 229 g/mol. The Kier molecular flexibility index (Phi) is 5.32. The van der Waals surface area contributed by atoms with Gasteiger partial charge in [0.15, 0.2) is 0 Å². The quantitative estimate of drug-likeness (QED) is 0.335. The third-order valence-corrected chi connectivity index (χ3v) is 1.52. The summed E-state index contributed by atoms with van der Waals surface area (Å²) < 4.78 is 4.98. The minimum atomic E-state index is -1.25. The predicted molar refractivity (Wildman–Crippen MR) is 55.6 cm³/mol. The predicted octanol–water partition coefficient (Wildman–Crippen LogP) is 1.87. The maximum Gasteiger partial charge on any atom is 0.312 e. The van der Waals surface area contributed by atoms with Crippen LogP contribution in [-0.4, -0.2) is 28.7 Å². The molecule has 0 aliphatic carbocycles. The van der Waals surface area contributed by atoms with Crippen LogP contribution in [0.2, 0.25) is 0 Å². The maximum atomic E-state index is 11.2. The zero-order valence-corrected chi connectivity index (χ0v) is 9.51. The normalized spacial score (nSPS) is 12.4. The van der Waals surface area contributed by atoms with E-state index in [1.807, 2.05) is 0 Å². The summed E-state index contributed by atoms with van der Waals surface area (Å²) in [6.07, 6.45) is -0.151. The summed E-state index contributed by atoms with van der Waals surface area (Å²) in [6, 6.07) is -1.22. The molecule has 0 heterocycles. The Morgan fingerprint density at radius 1 is 1.50 bits per heavy atom. The topological polar surface area (TPSA) is 112 Å². The Bertz CT molecular complexity index is 313. The second-order valence-corrected chi connectivity index (χ2v) is 4.18. The van der Waals surface area contributed by atoms with Crippen LogP contribution in [0.15, 0.2) is 5.11 Å². The lowest BCUT2D eigenvalue weighted by Gasteiger charge is -2.19. The highest BCUT2D eigenvalue weighted by molar-refractivity contribution is 5.75. The first-order valence-corrected chi connectivity index (χ1v) is 4.75. The Morgan fingerprint density at radius 2 is 2.06 bits per heavy atom. The van der Waals surface area contributed by atoms with Crippen molar-refractivity contribution in [2.24, 2.45) is 5.11 Å². The van der Waals surface area contributed by atoms with E-state index in [4.69, 9.17) is 15.4 Å². The molecule has 0 bridgehead atoms. The molecular weight excluding hydrogens is 214 g/mol. The molecule has 1 N–H and O–H groups in total. The number of hydrogen-bond acceptors (Lipinski definition) is 4. The summed E-state index contributed by atoms with van der Waals surface area (Å²) in [5, 5.41) is 11.7. The first-order valence-electron chi connectivity index (χ1n) is 4.75. The number of aliphatic carboxylic acids is 1. The third-order valence-electron chi connectivity index (χ3n) is 1.52. The van der Waals surface area contributed by atoms with Crippen LogP contribution in [0.4, 0.5) is 0 Å². The fraction of sp³-hybridized carbons (Fsp3) is 0.778. The van der Waals surface area contributed by atoms with Crippen LogP contribution in [-0.2, 0) is 14.3 Å². The van der Waals surface area contributed by atoms with Gasteiger partial charge in [-0.2, -0.15) is 0 Å². The van der Waals surface area contributed by atoms with Crippen LogP contribution >= 0.6 is 0 Å². The molecule has 0 saturated heterocycles. The van der Waals surface area contributed by atoms with Gasteiger partial charge in [-0.1, -0.05) is 5.11 Å². The van der Waals surface area contributed by atoms with E-state index in [0.29, 0.717) is 0 Å². The van der Waals surface area contributed by atoms with Crippen molar-refractivity contribution in [3.05, 3.63) is 10.4 Å². The van der Waals surface area contributed by atoms with Crippen LogP contribution in [0.1, 0.15) is 33.6 Å². The van der Waals surface area contributed by atoms with Gasteiger partial charge in [-0.3, -0.25) is 9.59 Å². The lowest BCUT2D eigenvalue weighted by molar-refractivity contribution is -0.155. The van der Waals surface area contributed by atoms with Crippen molar-refractivity contribution in [3.63, 3.8) is 0 Å². The van der Waals surface area contributed by atoms with Crippen molar-refractivity contribution in [2.45, 2.75) is 45.3 Å². The first-order chi connectivity index (χ1) is 7.26. The van der Waals surface area contributed by atoms with Gasteiger partial charge in [-0.25, -0.2) is 0 Å². The molecule has 0 aromatic carbocycles. The summed E-state index contributed by atoms with van der Waals surface area (Å²) in [7, 11) is 0. The lowest BCUT2D eigenvalue weighted by Crippen LogP contribution is -2.25. The van der Waals surface area contributed by atoms with Gasteiger partial charge < -0.3 is 9.84 Å². The molecule has 90 valence electrons. The molecule has 0 spiro atoms. The van der Waals surface area contributed by atoms with E-state index < -0.39 is 23.6 Å². The minimum Gasteiger partial charge on any atom is -0.481 e. The molecule has 16 heavy (non-hydrogen) atoms. The van der Waals surface area contributed by atoms with Crippen molar-refractivity contribution < 1.29 is 19.4 Å². The van der Waals surface area contributed by atoms with Gasteiger partial charge in [0.1, 0.15) is 11.6 Å². The highest BCUT2D eigenvalue weighted by Gasteiger charge is 2.20. The fourth-order valence-electron chi connectivity index (χ4n) is 0.940. The molecular formula is C9H15N3O4. The summed E-state index contributed by atoms with van der Waals surface area (Å²) in [5.74, 6) is -1.76. The van der Waals surface area contributed by atoms with Crippen LogP contribution in [0.5, 0.6) is 0 Å². The number of hydrogen-bond donors (Lipinski definition) is 1. The van der Waals surface area contributed by atoms with E-state index >= 15 is 0 Å². The molecule has 7 nitrogen and oxygen atoms in total. The molecule has 0 saturated carbocycles. The van der Waals surface area contributed by atoms with Gasteiger partial charge in [0.2, 0.25) is 0 Å². The molecule has 7 heteroatoms. The first kappa shape index (κ1) is 14.2. The SMILES string of the molecule is CC(C)(C)OC(=O)CCC(N=[N+]=[N-])C(=O)O. The molecule has 0 amide bonds. The number of nitrogens with zero attached hydrogens (tertiary/aromatic N) is 3. The Labute approximate surface area is 93.0 Å². The third kappa shape index (κ3) is 6.67. The molecule has 1 atom stereocenters. The standard InChI is InChI=1S/C9H15N3O4/c1-9(2,3)16-7(13)5-4-6(8(14)15)11-12-10/h6H,4-5H2,1-3H3,(H,14,15). The van der Waals surface area contributed by atoms with Gasteiger partial charge in [-0.15, -0.1) is 0 Å². The van der Waals surface area contributed by atoms with E-state index in [2.05, 4.69) is 10.0 Å². The smallest absolute Gasteiger partial charge is 0.312 e. The number of azide groups is 1. The molecule has 0 rings (SSSR count). The molecule has 0 fully saturated rings. The van der Waals surface area contributed by atoms with E-state index in [1.54, 1.807) is 20.8 Å². The number of carbonyl (C=O) groups is 2. The number of carboxylic acids is 1. The second kappa shape index (κ2) is 5.97. The lowest BCUT2D eigenvalue weighted by atomic mass is 10.1.